The monoisotopic (exact) mass is 624 g/mol. The highest BCUT2D eigenvalue weighted by Crippen LogP contribution is 2.56. The van der Waals surface area contributed by atoms with Crippen LogP contribution in [0.4, 0.5) is 5.69 Å². The molecule has 3 aromatic rings. The summed E-state index contributed by atoms with van der Waals surface area (Å²) in [4.78, 5) is 64.1. The molecule has 2 amide bonds. The molecule has 46 heavy (non-hydrogen) atoms. The molecule has 1 fully saturated rings. The molecule has 0 aliphatic heterocycles. The molecule has 8 N–H and O–H groups in total. The first kappa shape index (κ1) is 30.4. The van der Waals surface area contributed by atoms with Crippen LogP contribution in [0.15, 0.2) is 83.6 Å². The molecule has 0 spiro atoms. The number of hydrogen-bond donors (Lipinski definition) is 7. The lowest BCUT2D eigenvalue weighted by Gasteiger charge is -2.50. The molecular weight excluding hydrogens is 596 g/mol. The third kappa shape index (κ3) is 4.33. The summed E-state index contributed by atoms with van der Waals surface area (Å²) in [5.41, 5.74) is 1.62. The second kappa shape index (κ2) is 10.8. The van der Waals surface area contributed by atoms with Gasteiger partial charge in [-0.2, -0.15) is 0 Å². The van der Waals surface area contributed by atoms with Crippen LogP contribution in [0.2, 0.25) is 0 Å². The molecule has 12 nitrogen and oxygen atoms in total. The first-order chi connectivity index (χ1) is 21.8. The molecule has 0 saturated heterocycles. The maximum Gasteiger partial charge on any atom is 0.255 e. The summed E-state index contributed by atoms with van der Waals surface area (Å²) in [7, 11) is 0. The van der Waals surface area contributed by atoms with Crippen LogP contribution in [-0.4, -0.2) is 66.4 Å². The van der Waals surface area contributed by atoms with E-state index in [9.17, 15) is 49.5 Å². The number of phenols is 1. The zero-order chi connectivity index (χ0) is 33.2. The third-order valence-corrected chi connectivity index (χ3v) is 9.19. The second-order valence-electron chi connectivity index (χ2n) is 11.6. The van der Waals surface area contributed by atoms with Gasteiger partial charge >= 0.3 is 0 Å². The highest BCUT2D eigenvalue weighted by atomic mass is 16.4. The van der Waals surface area contributed by atoms with E-state index in [0.717, 1.165) is 0 Å². The summed E-state index contributed by atoms with van der Waals surface area (Å²) in [6.07, 6.45) is -2.32. The van der Waals surface area contributed by atoms with Gasteiger partial charge in [-0.25, -0.2) is 0 Å². The molecule has 3 aliphatic rings. The van der Waals surface area contributed by atoms with Crippen LogP contribution in [0.1, 0.15) is 56.7 Å². The molecule has 3 aromatic carbocycles. The number of nitrogens with one attached hydrogen (secondary N) is 1. The smallest absolute Gasteiger partial charge is 0.255 e. The first-order valence-electron chi connectivity index (χ1n) is 14.3. The van der Waals surface area contributed by atoms with E-state index in [0.29, 0.717) is 16.7 Å². The predicted molar refractivity (Wildman–Crippen MR) is 162 cm³/mol. The minimum Gasteiger partial charge on any atom is -0.508 e. The van der Waals surface area contributed by atoms with Crippen LogP contribution >= 0.6 is 0 Å². The van der Waals surface area contributed by atoms with Crippen molar-refractivity contribution in [3.05, 3.63) is 111 Å². The Bertz CT molecular complexity index is 1930. The van der Waals surface area contributed by atoms with E-state index in [1.807, 2.05) is 0 Å². The number of carbonyl (C=O) groups excluding carboxylic acids is 5. The first-order valence-corrected chi connectivity index (χ1v) is 14.3. The zero-order valence-corrected chi connectivity index (χ0v) is 24.2. The second-order valence-corrected chi connectivity index (χ2v) is 11.6. The highest BCUT2D eigenvalue weighted by molar-refractivity contribution is 6.23. The molecule has 12 heteroatoms. The van der Waals surface area contributed by atoms with Crippen LogP contribution in [0.3, 0.4) is 0 Å². The van der Waals surface area contributed by atoms with Crippen LogP contribution < -0.4 is 11.1 Å². The quantitative estimate of drug-likeness (QED) is 0.125. The number of primary amides is 1. The lowest BCUT2D eigenvalue weighted by atomic mass is 9.55. The van der Waals surface area contributed by atoms with Crippen molar-refractivity contribution in [1.29, 1.82) is 0 Å². The number of anilines is 1. The molecular formula is C34H28N2O10. The summed E-state index contributed by atoms with van der Waals surface area (Å²) in [6.45, 7) is 1.60. The summed E-state index contributed by atoms with van der Waals surface area (Å²) in [6, 6.07) is 17.3. The number of carbonyl (C=O) groups is 5. The maximum atomic E-state index is 13.8. The number of hydrogen-bond acceptors (Lipinski definition) is 10. The van der Waals surface area contributed by atoms with Gasteiger partial charge < -0.3 is 36.6 Å². The number of ketones is 3. The van der Waals surface area contributed by atoms with E-state index >= 15 is 0 Å². The molecule has 0 aromatic heterocycles. The summed E-state index contributed by atoms with van der Waals surface area (Å²) in [5, 5.41) is 58.7. The van der Waals surface area contributed by atoms with Crippen molar-refractivity contribution in [3.63, 3.8) is 0 Å². The normalized spacial score (nSPS) is 25.4. The Hall–Kier alpha value is -5.59. The number of phenolic OH excluding ortho intramolecular Hbond substituents is 1. The van der Waals surface area contributed by atoms with Gasteiger partial charge in [-0.05, 0) is 29.7 Å². The fraction of sp³-hybridized carbons (Fsp3) is 0.206. The van der Waals surface area contributed by atoms with Gasteiger partial charge in [0, 0.05) is 40.5 Å². The van der Waals surface area contributed by atoms with Crippen molar-refractivity contribution in [1.82, 2.24) is 0 Å². The number of rotatable bonds is 5. The van der Waals surface area contributed by atoms with Crippen molar-refractivity contribution >= 4 is 40.6 Å². The van der Waals surface area contributed by atoms with Gasteiger partial charge in [-0.15, -0.1) is 0 Å². The number of aliphatic hydroxyl groups excluding tert-OH is 3. The Labute approximate surface area is 261 Å². The fourth-order valence-corrected chi connectivity index (χ4v) is 6.82. The number of nitrogens with two attached hydrogens (primary N) is 1. The number of fused-ring (bicyclic) bond motifs is 3. The topological polar surface area (TPSA) is 225 Å². The summed E-state index contributed by atoms with van der Waals surface area (Å²) < 4.78 is 0. The Morgan fingerprint density at radius 2 is 1.50 bits per heavy atom. The van der Waals surface area contributed by atoms with Crippen molar-refractivity contribution in [2.75, 3.05) is 5.32 Å². The molecule has 6 rings (SSSR count). The van der Waals surface area contributed by atoms with E-state index in [4.69, 9.17) is 5.73 Å². The Morgan fingerprint density at radius 1 is 0.891 bits per heavy atom. The minimum atomic E-state index is -2.95. The molecule has 234 valence electrons. The van der Waals surface area contributed by atoms with E-state index in [1.54, 1.807) is 37.3 Å². The van der Waals surface area contributed by atoms with Crippen molar-refractivity contribution in [2.24, 2.45) is 17.6 Å². The number of aliphatic hydroxyl groups is 4. The number of amides is 2. The zero-order valence-electron chi connectivity index (χ0n) is 24.2. The average molecular weight is 625 g/mol. The summed E-state index contributed by atoms with van der Waals surface area (Å²) in [5.74, 6) is -10.8. The highest BCUT2D eigenvalue weighted by Gasteiger charge is 2.64. The van der Waals surface area contributed by atoms with Gasteiger partial charge in [0.1, 0.15) is 22.8 Å². The fourth-order valence-electron chi connectivity index (χ4n) is 6.82. The SMILES string of the molecule is CC1c2ccc(NC(=O)c3ccc(C(=O)c4ccccc4)cc3)c(O)c2C(O)=C2C(=O)C3(O)C(O)=C(C(N)=O)C(=O)CC3C(O)C21. The predicted octanol–water partition coefficient (Wildman–Crippen LogP) is 2.44. The van der Waals surface area contributed by atoms with Gasteiger partial charge in [0.25, 0.3) is 11.8 Å². The van der Waals surface area contributed by atoms with Crippen LogP contribution in [0.5, 0.6) is 5.75 Å². The molecule has 1 saturated carbocycles. The third-order valence-electron chi connectivity index (χ3n) is 9.19. The van der Waals surface area contributed by atoms with Gasteiger partial charge in [-0.3, -0.25) is 24.0 Å². The molecule has 3 aliphatic carbocycles. The van der Waals surface area contributed by atoms with Crippen molar-refractivity contribution in [2.45, 2.75) is 31.0 Å². The largest absolute Gasteiger partial charge is 0.508 e. The lowest BCUT2D eigenvalue weighted by molar-refractivity contribution is -0.160. The van der Waals surface area contributed by atoms with Gasteiger partial charge in [-0.1, -0.05) is 55.5 Å². The minimum absolute atomic E-state index is 0.145. The molecule has 0 bridgehead atoms. The van der Waals surface area contributed by atoms with E-state index in [-0.39, 0.29) is 22.6 Å². The number of aromatic hydroxyl groups is 1. The standard InChI is InChI=1S/C34H28N2O10/c1-14-18-11-12-20(36-33(45)17-9-7-16(8-10-17)26(38)15-5-3-2-4-6-15)28(40)23(18)29(41)25-22(14)27(39)19-13-21(37)24(32(35)44)30(42)34(19,46)31(25)43/h2-12,14,19,22,27,39-42,46H,13H2,1H3,(H2,35,44)(H,36,45). The number of Topliss-reactive ketones (excluding diaryl/α,β-unsaturated/α-hetero) is 2. The average Bonchev–Trinajstić information content (AvgIpc) is 3.04. The van der Waals surface area contributed by atoms with Crippen molar-refractivity contribution < 1.29 is 49.5 Å². The van der Waals surface area contributed by atoms with Crippen LogP contribution in [-0.2, 0) is 14.4 Å². The van der Waals surface area contributed by atoms with Crippen molar-refractivity contribution in [3.8, 4) is 5.75 Å². The summed E-state index contributed by atoms with van der Waals surface area (Å²) >= 11 is 0. The van der Waals surface area contributed by atoms with Crippen LogP contribution in [0.25, 0.3) is 5.76 Å². The molecule has 0 radical (unpaired) electrons. The lowest BCUT2D eigenvalue weighted by Crippen LogP contribution is -2.63. The van der Waals surface area contributed by atoms with Gasteiger partial charge in [0.05, 0.1) is 17.4 Å². The Kier molecular flexibility index (Phi) is 7.14. The molecule has 5 unspecified atom stereocenters. The van der Waals surface area contributed by atoms with Gasteiger partial charge in [0.15, 0.2) is 17.2 Å². The maximum absolute atomic E-state index is 13.8. The van der Waals surface area contributed by atoms with E-state index in [1.165, 1.54) is 36.4 Å². The van der Waals surface area contributed by atoms with Crippen LogP contribution in [0, 0.1) is 11.8 Å². The number of benzene rings is 3. The molecule has 0 heterocycles. The van der Waals surface area contributed by atoms with E-state index < -0.39 is 87.7 Å². The Morgan fingerprint density at radius 3 is 2.13 bits per heavy atom. The van der Waals surface area contributed by atoms with E-state index in [2.05, 4.69) is 5.32 Å². The Balaban J connectivity index is 1.35. The van der Waals surface area contributed by atoms with Gasteiger partial charge in [0.2, 0.25) is 5.78 Å². The molecule has 5 atom stereocenters.